The molecule has 3 heteroatoms. The molecule has 1 atom stereocenters. The minimum absolute atomic E-state index is 0.708. The zero-order chi connectivity index (χ0) is 12.0. The molecule has 3 nitrogen and oxygen atoms in total. The van der Waals surface area contributed by atoms with Crippen LogP contribution in [-0.4, -0.2) is 13.7 Å². The van der Waals surface area contributed by atoms with Crippen LogP contribution in [0.15, 0.2) is 18.2 Å². The number of methoxy groups -OCH3 is 1. The van der Waals surface area contributed by atoms with E-state index in [0.717, 1.165) is 30.1 Å². The Balaban J connectivity index is 2.53. The summed E-state index contributed by atoms with van der Waals surface area (Å²) in [6, 6.07) is 5.78. The molecule has 0 aliphatic rings. The number of rotatable bonds is 6. The van der Waals surface area contributed by atoms with Crippen LogP contribution >= 0.6 is 0 Å². The Labute approximate surface area is 98.0 Å². The standard InChI is InChI=1S/C13H22N2O/c1-4-10(2)8-15-9-11-5-6-12(14)7-13(11)16-3/h5-7,10,15H,4,8-9,14H2,1-3H3. The van der Waals surface area contributed by atoms with Crippen molar-refractivity contribution in [2.75, 3.05) is 19.4 Å². The normalized spacial score (nSPS) is 12.4. The number of nitrogen functional groups attached to an aromatic ring is 1. The van der Waals surface area contributed by atoms with Gasteiger partial charge in [-0.3, -0.25) is 0 Å². The van der Waals surface area contributed by atoms with Crippen LogP contribution < -0.4 is 15.8 Å². The molecule has 0 saturated carbocycles. The van der Waals surface area contributed by atoms with Crippen molar-refractivity contribution < 1.29 is 4.74 Å². The largest absolute Gasteiger partial charge is 0.496 e. The quantitative estimate of drug-likeness (QED) is 0.727. The van der Waals surface area contributed by atoms with Gasteiger partial charge in [-0.2, -0.15) is 0 Å². The fourth-order valence-corrected chi connectivity index (χ4v) is 1.50. The first-order chi connectivity index (χ1) is 7.67. The molecule has 0 aliphatic heterocycles. The molecule has 0 bridgehead atoms. The Hall–Kier alpha value is -1.22. The van der Waals surface area contributed by atoms with E-state index < -0.39 is 0 Å². The molecule has 1 aromatic rings. The van der Waals surface area contributed by atoms with Crippen molar-refractivity contribution in [3.63, 3.8) is 0 Å². The fourth-order valence-electron chi connectivity index (χ4n) is 1.50. The van der Waals surface area contributed by atoms with Gasteiger partial charge in [0, 0.05) is 23.9 Å². The summed E-state index contributed by atoms with van der Waals surface area (Å²) in [6.45, 7) is 6.31. The molecule has 1 unspecified atom stereocenters. The molecule has 0 fully saturated rings. The molecular formula is C13H22N2O. The Morgan fingerprint density at radius 3 is 2.81 bits per heavy atom. The smallest absolute Gasteiger partial charge is 0.125 e. The highest BCUT2D eigenvalue weighted by Gasteiger charge is 2.04. The second kappa shape index (κ2) is 6.38. The monoisotopic (exact) mass is 222 g/mol. The average Bonchev–Trinajstić information content (AvgIpc) is 2.30. The number of benzene rings is 1. The number of nitrogens with one attached hydrogen (secondary N) is 1. The van der Waals surface area contributed by atoms with Gasteiger partial charge in [0.2, 0.25) is 0 Å². The molecule has 0 aliphatic carbocycles. The van der Waals surface area contributed by atoms with Crippen molar-refractivity contribution in [3.8, 4) is 5.75 Å². The van der Waals surface area contributed by atoms with Crippen molar-refractivity contribution in [2.24, 2.45) is 5.92 Å². The highest BCUT2D eigenvalue weighted by atomic mass is 16.5. The Morgan fingerprint density at radius 2 is 2.19 bits per heavy atom. The molecule has 90 valence electrons. The van der Waals surface area contributed by atoms with Crippen LogP contribution in [0.3, 0.4) is 0 Å². The molecule has 1 rings (SSSR count). The molecule has 0 radical (unpaired) electrons. The molecule has 0 spiro atoms. The van der Waals surface area contributed by atoms with Gasteiger partial charge in [-0.1, -0.05) is 26.3 Å². The third-order valence-electron chi connectivity index (χ3n) is 2.82. The summed E-state index contributed by atoms with van der Waals surface area (Å²) in [6.07, 6.45) is 1.20. The maximum Gasteiger partial charge on any atom is 0.125 e. The van der Waals surface area contributed by atoms with Crippen molar-refractivity contribution in [2.45, 2.75) is 26.8 Å². The maximum atomic E-state index is 5.70. The Morgan fingerprint density at radius 1 is 1.44 bits per heavy atom. The van der Waals surface area contributed by atoms with E-state index in [-0.39, 0.29) is 0 Å². The van der Waals surface area contributed by atoms with Crippen molar-refractivity contribution in [3.05, 3.63) is 23.8 Å². The molecular weight excluding hydrogens is 200 g/mol. The van der Waals surface area contributed by atoms with Gasteiger partial charge in [0.05, 0.1) is 7.11 Å². The lowest BCUT2D eigenvalue weighted by molar-refractivity contribution is 0.406. The van der Waals surface area contributed by atoms with Crippen LogP contribution in [0.5, 0.6) is 5.75 Å². The number of hydrogen-bond acceptors (Lipinski definition) is 3. The fraction of sp³-hybridized carbons (Fsp3) is 0.538. The third kappa shape index (κ3) is 3.74. The predicted octanol–water partition coefficient (Wildman–Crippen LogP) is 2.41. The van der Waals surface area contributed by atoms with E-state index >= 15 is 0 Å². The minimum Gasteiger partial charge on any atom is -0.496 e. The summed E-state index contributed by atoms with van der Waals surface area (Å²) in [4.78, 5) is 0. The van der Waals surface area contributed by atoms with Gasteiger partial charge in [0.1, 0.15) is 5.75 Å². The van der Waals surface area contributed by atoms with Gasteiger partial charge in [-0.25, -0.2) is 0 Å². The molecule has 0 saturated heterocycles. The van der Waals surface area contributed by atoms with E-state index in [0.29, 0.717) is 5.92 Å². The first kappa shape index (κ1) is 12.8. The van der Waals surface area contributed by atoms with E-state index in [9.17, 15) is 0 Å². The SMILES string of the molecule is CCC(C)CNCc1ccc(N)cc1OC. The van der Waals surface area contributed by atoms with Gasteiger partial charge >= 0.3 is 0 Å². The van der Waals surface area contributed by atoms with Crippen LogP contribution in [-0.2, 0) is 6.54 Å². The van der Waals surface area contributed by atoms with Crippen LogP contribution in [0.4, 0.5) is 5.69 Å². The highest BCUT2D eigenvalue weighted by molar-refractivity contribution is 5.48. The number of anilines is 1. The van der Waals surface area contributed by atoms with Gasteiger partial charge in [0.15, 0.2) is 0 Å². The Bertz CT molecular complexity index is 326. The van der Waals surface area contributed by atoms with Gasteiger partial charge < -0.3 is 15.8 Å². The van der Waals surface area contributed by atoms with E-state index in [1.807, 2.05) is 18.2 Å². The highest BCUT2D eigenvalue weighted by Crippen LogP contribution is 2.21. The van der Waals surface area contributed by atoms with Gasteiger partial charge in [-0.15, -0.1) is 0 Å². The molecule has 0 heterocycles. The summed E-state index contributed by atoms with van der Waals surface area (Å²) >= 11 is 0. The number of hydrogen-bond donors (Lipinski definition) is 2. The predicted molar refractivity (Wildman–Crippen MR) is 68.6 cm³/mol. The van der Waals surface area contributed by atoms with Crippen LogP contribution in [0, 0.1) is 5.92 Å². The lowest BCUT2D eigenvalue weighted by Crippen LogP contribution is -2.20. The lowest BCUT2D eigenvalue weighted by Gasteiger charge is -2.12. The van der Waals surface area contributed by atoms with Crippen LogP contribution in [0.25, 0.3) is 0 Å². The second-order valence-corrected chi connectivity index (χ2v) is 4.22. The van der Waals surface area contributed by atoms with Gasteiger partial charge in [-0.05, 0) is 18.5 Å². The maximum absolute atomic E-state index is 5.70. The number of ether oxygens (including phenoxy) is 1. The average molecular weight is 222 g/mol. The van der Waals surface area contributed by atoms with Crippen molar-refractivity contribution >= 4 is 5.69 Å². The summed E-state index contributed by atoms with van der Waals surface area (Å²) in [5, 5.41) is 3.43. The summed E-state index contributed by atoms with van der Waals surface area (Å²) < 4.78 is 5.29. The molecule has 0 amide bonds. The van der Waals surface area contributed by atoms with Gasteiger partial charge in [0.25, 0.3) is 0 Å². The number of nitrogens with two attached hydrogens (primary N) is 1. The van der Waals surface area contributed by atoms with Crippen molar-refractivity contribution in [1.29, 1.82) is 0 Å². The molecule has 0 aromatic heterocycles. The van der Waals surface area contributed by atoms with Crippen molar-refractivity contribution in [1.82, 2.24) is 5.32 Å². The summed E-state index contributed by atoms with van der Waals surface area (Å²) in [5.41, 5.74) is 7.59. The zero-order valence-electron chi connectivity index (χ0n) is 10.4. The lowest BCUT2D eigenvalue weighted by atomic mass is 10.1. The van der Waals surface area contributed by atoms with E-state index in [1.165, 1.54) is 6.42 Å². The summed E-state index contributed by atoms with van der Waals surface area (Å²) in [5.74, 6) is 1.57. The van der Waals surface area contributed by atoms with E-state index in [2.05, 4.69) is 19.2 Å². The zero-order valence-corrected chi connectivity index (χ0v) is 10.4. The first-order valence-electron chi connectivity index (χ1n) is 5.80. The van der Waals surface area contributed by atoms with E-state index in [1.54, 1.807) is 7.11 Å². The Kier molecular flexibility index (Phi) is 5.12. The molecule has 3 N–H and O–H groups in total. The molecule has 1 aromatic carbocycles. The topological polar surface area (TPSA) is 47.3 Å². The minimum atomic E-state index is 0.708. The first-order valence-corrected chi connectivity index (χ1v) is 5.80. The van der Waals surface area contributed by atoms with Crippen LogP contribution in [0.2, 0.25) is 0 Å². The molecule has 16 heavy (non-hydrogen) atoms. The van der Waals surface area contributed by atoms with E-state index in [4.69, 9.17) is 10.5 Å². The van der Waals surface area contributed by atoms with Crippen LogP contribution in [0.1, 0.15) is 25.8 Å². The second-order valence-electron chi connectivity index (χ2n) is 4.22. The summed E-state index contributed by atoms with van der Waals surface area (Å²) in [7, 11) is 1.67. The third-order valence-corrected chi connectivity index (χ3v) is 2.82.